The predicted molar refractivity (Wildman–Crippen MR) is 126 cm³/mol. The van der Waals surface area contributed by atoms with Crippen LogP contribution >= 0.6 is 0 Å². The third kappa shape index (κ3) is 3.81. The number of hydrogen-bond acceptors (Lipinski definition) is 5. The van der Waals surface area contributed by atoms with Crippen molar-refractivity contribution in [3.05, 3.63) is 66.2 Å². The molecule has 2 heterocycles. The van der Waals surface area contributed by atoms with E-state index >= 15 is 0 Å². The third-order valence-corrected chi connectivity index (χ3v) is 6.96. The van der Waals surface area contributed by atoms with Crippen molar-refractivity contribution in [1.82, 2.24) is 0 Å². The van der Waals surface area contributed by atoms with E-state index in [0.29, 0.717) is 17.9 Å². The fourth-order valence-corrected chi connectivity index (χ4v) is 5.18. The normalized spacial score (nSPS) is 26.2. The van der Waals surface area contributed by atoms with Gasteiger partial charge in [0, 0.05) is 18.7 Å². The number of ether oxygens (including phenoxy) is 1. The molecule has 7 heteroatoms. The Balaban J connectivity index is 1.25. The molecule has 2 aromatic carbocycles. The van der Waals surface area contributed by atoms with Crippen molar-refractivity contribution in [2.45, 2.75) is 26.7 Å². The summed E-state index contributed by atoms with van der Waals surface area (Å²) in [4.78, 5) is 53.9. The van der Waals surface area contributed by atoms with E-state index < -0.39 is 11.9 Å². The van der Waals surface area contributed by atoms with Crippen LogP contribution in [-0.2, 0) is 19.2 Å². The Bertz CT molecular complexity index is 1200. The van der Waals surface area contributed by atoms with Crippen LogP contribution in [0.4, 0.5) is 11.4 Å². The summed E-state index contributed by atoms with van der Waals surface area (Å²) in [6.45, 7) is 4.18. The van der Waals surface area contributed by atoms with Crippen molar-refractivity contribution >= 4 is 35.1 Å². The van der Waals surface area contributed by atoms with Gasteiger partial charge in [0.25, 0.3) is 0 Å². The van der Waals surface area contributed by atoms with E-state index in [1.165, 1.54) is 4.90 Å². The highest BCUT2D eigenvalue weighted by molar-refractivity contribution is 6.22. The number of rotatable bonds is 4. The molecule has 0 spiro atoms. The second-order valence-electron chi connectivity index (χ2n) is 9.33. The standard InChI is InChI=1S/C27H26N2O5/c1-16-5-3-7-20(13-16)28-15-18(14-23(28)30)27(33)34-21-11-9-19(10-12-21)29-25(31)22-8-4-6-17(2)24(22)26(29)32/h3-7,9-13,17-18,22,24H,8,14-15H2,1-2H3/t17-,18+,22+,24+/m1/s1. The smallest absolute Gasteiger partial charge is 0.316 e. The first-order valence-electron chi connectivity index (χ1n) is 11.6. The second-order valence-corrected chi connectivity index (χ2v) is 9.33. The minimum Gasteiger partial charge on any atom is -0.426 e. The predicted octanol–water partition coefficient (Wildman–Crippen LogP) is 3.66. The largest absolute Gasteiger partial charge is 0.426 e. The van der Waals surface area contributed by atoms with Crippen molar-refractivity contribution in [3.8, 4) is 5.75 Å². The van der Waals surface area contributed by atoms with Crippen LogP contribution < -0.4 is 14.5 Å². The zero-order chi connectivity index (χ0) is 24.0. The number of fused-ring (bicyclic) bond motifs is 1. The van der Waals surface area contributed by atoms with Gasteiger partial charge in [0.05, 0.1) is 23.4 Å². The quantitative estimate of drug-likeness (QED) is 0.302. The molecule has 174 valence electrons. The fraction of sp³-hybridized carbons (Fsp3) is 0.333. The minimum atomic E-state index is -0.563. The first-order chi connectivity index (χ1) is 16.3. The van der Waals surface area contributed by atoms with E-state index in [2.05, 4.69) is 0 Å². The molecule has 2 aromatic rings. The monoisotopic (exact) mass is 458 g/mol. The number of amides is 3. The molecule has 4 atom stereocenters. The summed E-state index contributed by atoms with van der Waals surface area (Å²) in [6.07, 6.45) is 4.63. The van der Waals surface area contributed by atoms with Gasteiger partial charge in [-0.05, 0) is 61.2 Å². The Kier molecular flexibility index (Phi) is 5.55. The summed E-state index contributed by atoms with van der Waals surface area (Å²) in [7, 11) is 0. The van der Waals surface area contributed by atoms with Crippen molar-refractivity contribution < 1.29 is 23.9 Å². The highest BCUT2D eigenvalue weighted by Crippen LogP contribution is 2.40. The highest BCUT2D eigenvalue weighted by Gasteiger charge is 2.50. The molecular formula is C27H26N2O5. The minimum absolute atomic E-state index is 0.0221. The zero-order valence-corrected chi connectivity index (χ0v) is 19.1. The maximum Gasteiger partial charge on any atom is 0.316 e. The molecule has 0 bridgehead atoms. The molecule has 3 aliphatic rings. The molecule has 7 nitrogen and oxygen atoms in total. The van der Waals surface area contributed by atoms with E-state index in [4.69, 9.17) is 4.74 Å². The number of esters is 1. The van der Waals surface area contributed by atoms with E-state index in [1.807, 2.05) is 50.3 Å². The van der Waals surface area contributed by atoms with Crippen molar-refractivity contribution in [2.75, 3.05) is 16.3 Å². The summed E-state index contributed by atoms with van der Waals surface area (Å²) in [5.41, 5.74) is 2.28. The first kappa shape index (κ1) is 22.1. The van der Waals surface area contributed by atoms with Gasteiger partial charge in [0.2, 0.25) is 17.7 Å². The van der Waals surface area contributed by atoms with Crippen LogP contribution in [0.5, 0.6) is 5.75 Å². The van der Waals surface area contributed by atoms with E-state index in [0.717, 1.165) is 11.3 Å². The number of carbonyl (C=O) groups excluding carboxylic acids is 4. The first-order valence-corrected chi connectivity index (χ1v) is 11.6. The highest BCUT2D eigenvalue weighted by atomic mass is 16.5. The molecule has 0 N–H and O–H groups in total. The molecule has 0 aromatic heterocycles. The SMILES string of the molecule is Cc1cccc(N2C[C@@H](C(=O)Oc3ccc(N4C(=O)[C@H]5[C@H](C)C=CC[C@@H]5C4=O)cc3)CC2=O)c1. The van der Waals surface area contributed by atoms with Gasteiger partial charge in [0.15, 0.2) is 0 Å². The Hall–Kier alpha value is -3.74. The third-order valence-electron chi connectivity index (χ3n) is 6.96. The summed E-state index contributed by atoms with van der Waals surface area (Å²) in [5, 5.41) is 0. The number of hydrogen-bond donors (Lipinski definition) is 0. The molecule has 5 rings (SSSR count). The van der Waals surface area contributed by atoms with Gasteiger partial charge in [0.1, 0.15) is 5.75 Å². The van der Waals surface area contributed by atoms with Gasteiger partial charge in [-0.1, -0.05) is 31.2 Å². The van der Waals surface area contributed by atoms with Crippen molar-refractivity contribution in [1.29, 1.82) is 0 Å². The van der Waals surface area contributed by atoms with E-state index in [9.17, 15) is 19.2 Å². The summed E-state index contributed by atoms with van der Waals surface area (Å²) >= 11 is 0. The molecular weight excluding hydrogens is 432 g/mol. The Morgan fingerprint density at radius 2 is 1.76 bits per heavy atom. The average molecular weight is 459 g/mol. The average Bonchev–Trinajstić information content (AvgIpc) is 3.33. The maximum absolute atomic E-state index is 12.9. The van der Waals surface area contributed by atoms with E-state index in [1.54, 1.807) is 29.2 Å². The maximum atomic E-state index is 12.9. The lowest BCUT2D eigenvalue weighted by Gasteiger charge is -2.22. The molecule has 2 saturated heterocycles. The molecule has 1 aliphatic carbocycles. The van der Waals surface area contributed by atoms with Crippen LogP contribution in [-0.4, -0.2) is 30.2 Å². The Morgan fingerprint density at radius 1 is 1.00 bits per heavy atom. The van der Waals surface area contributed by atoms with Crippen LogP contribution in [0.3, 0.4) is 0 Å². The van der Waals surface area contributed by atoms with Gasteiger partial charge >= 0.3 is 5.97 Å². The van der Waals surface area contributed by atoms with Crippen LogP contribution in [0.2, 0.25) is 0 Å². The summed E-state index contributed by atoms with van der Waals surface area (Å²) in [5.74, 6) is -1.83. The molecule has 3 amide bonds. The molecule has 0 radical (unpaired) electrons. The number of allylic oxidation sites excluding steroid dienone is 2. The number of nitrogens with zero attached hydrogens (tertiary/aromatic N) is 2. The number of aryl methyl sites for hydroxylation is 1. The van der Waals surface area contributed by atoms with Gasteiger partial charge in [-0.2, -0.15) is 0 Å². The van der Waals surface area contributed by atoms with Gasteiger partial charge in [-0.25, -0.2) is 0 Å². The van der Waals surface area contributed by atoms with Gasteiger partial charge in [-0.15, -0.1) is 0 Å². The summed E-state index contributed by atoms with van der Waals surface area (Å²) in [6, 6.07) is 14.0. The van der Waals surface area contributed by atoms with Crippen molar-refractivity contribution in [3.63, 3.8) is 0 Å². The zero-order valence-electron chi connectivity index (χ0n) is 19.1. The van der Waals surface area contributed by atoms with Crippen LogP contribution in [0.1, 0.15) is 25.3 Å². The molecule has 2 fully saturated rings. The number of imide groups is 1. The lowest BCUT2D eigenvalue weighted by Crippen LogP contribution is -2.31. The molecule has 34 heavy (non-hydrogen) atoms. The topological polar surface area (TPSA) is 84.0 Å². The van der Waals surface area contributed by atoms with Crippen LogP contribution in [0, 0.1) is 30.6 Å². The lowest BCUT2D eigenvalue weighted by molar-refractivity contribution is -0.139. The number of anilines is 2. The summed E-state index contributed by atoms with van der Waals surface area (Å²) < 4.78 is 5.52. The van der Waals surface area contributed by atoms with Gasteiger partial charge in [-0.3, -0.25) is 24.1 Å². The number of carbonyl (C=O) groups is 4. The number of benzene rings is 2. The second kappa shape index (κ2) is 8.56. The molecule has 2 aliphatic heterocycles. The Labute approximate surface area is 198 Å². The fourth-order valence-electron chi connectivity index (χ4n) is 5.18. The van der Waals surface area contributed by atoms with Crippen molar-refractivity contribution in [2.24, 2.45) is 23.7 Å². The van der Waals surface area contributed by atoms with Gasteiger partial charge < -0.3 is 9.64 Å². The molecule has 0 unspecified atom stereocenters. The van der Waals surface area contributed by atoms with Crippen LogP contribution in [0.25, 0.3) is 0 Å². The van der Waals surface area contributed by atoms with E-state index in [-0.39, 0.29) is 48.4 Å². The molecule has 0 saturated carbocycles. The lowest BCUT2D eigenvalue weighted by atomic mass is 9.78. The Morgan fingerprint density at radius 3 is 2.47 bits per heavy atom. The van der Waals surface area contributed by atoms with Crippen LogP contribution in [0.15, 0.2) is 60.7 Å².